The highest BCUT2D eigenvalue weighted by atomic mass is 32.2. The second-order valence-electron chi connectivity index (χ2n) is 6.33. The summed E-state index contributed by atoms with van der Waals surface area (Å²) in [6.45, 7) is 5.65. The van der Waals surface area contributed by atoms with Crippen molar-refractivity contribution in [3.05, 3.63) is 30.1 Å². The summed E-state index contributed by atoms with van der Waals surface area (Å²) < 4.78 is 18.9. The maximum Gasteiger partial charge on any atom is 0.225 e. The van der Waals surface area contributed by atoms with Gasteiger partial charge in [0.2, 0.25) is 5.91 Å². The summed E-state index contributed by atoms with van der Waals surface area (Å²) in [7, 11) is 0. The standard InChI is InChI=1S/C18H25FN2O2S/c19-16-3-1-2-4-17(16)24-14-11-20-7-5-15(6-8-20)18(22)21-9-12-23-13-10-21/h1-4,15H,5-14H2. The quantitative estimate of drug-likeness (QED) is 0.763. The Morgan fingerprint density at radius 2 is 1.88 bits per heavy atom. The Labute approximate surface area is 147 Å². The molecule has 6 heteroatoms. The number of morpholine rings is 1. The van der Waals surface area contributed by atoms with E-state index in [0.29, 0.717) is 19.1 Å². The van der Waals surface area contributed by atoms with Crippen molar-refractivity contribution in [3.8, 4) is 0 Å². The minimum atomic E-state index is -0.141. The van der Waals surface area contributed by atoms with Crippen molar-refractivity contribution in [1.82, 2.24) is 9.80 Å². The summed E-state index contributed by atoms with van der Waals surface area (Å²) in [4.78, 5) is 17.6. The first-order valence-corrected chi connectivity index (χ1v) is 9.69. The van der Waals surface area contributed by atoms with E-state index >= 15 is 0 Å². The van der Waals surface area contributed by atoms with Crippen LogP contribution in [0.1, 0.15) is 12.8 Å². The van der Waals surface area contributed by atoms with E-state index < -0.39 is 0 Å². The molecule has 0 aliphatic carbocycles. The molecule has 1 amide bonds. The maximum atomic E-state index is 13.6. The summed E-state index contributed by atoms with van der Waals surface area (Å²) in [5.41, 5.74) is 0. The third-order valence-corrected chi connectivity index (χ3v) is 5.79. The number of rotatable bonds is 5. The second kappa shape index (κ2) is 8.83. The Kier molecular flexibility index (Phi) is 6.51. The van der Waals surface area contributed by atoms with Crippen LogP contribution in [-0.2, 0) is 9.53 Å². The molecule has 0 bridgehead atoms. The van der Waals surface area contributed by atoms with Gasteiger partial charge in [-0.15, -0.1) is 11.8 Å². The summed E-state index contributed by atoms with van der Waals surface area (Å²) in [5.74, 6) is 1.21. The van der Waals surface area contributed by atoms with Crippen LogP contribution in [0.2, 0.25) is 0 Å². The predicted octanol–water partition coefficient (Wildman–Crippen LogP) is 2.49. The number of thioether (sulfide) groups is 1. The van der Waals surface area contributed by atoms with Gasteiger partial charge in [-0.05, 0) is 38.1 Å². The van der Waals surface area contributed by atoms with Gasteiger partial charge in [0.15, 0.2) is 0 Å². The number of halogens is 1. The topological polar surface area (TPSA) is 32.8 Å². The summed E-state index contributed by atoms with van der Waals surface area (Å²) in [6, 6.07) is 6.92. The molecular formula is C18H25FN2O2S. The molecule has 2 fully saturated rings. The number of benzene rings is 1. The number of hydrogen-bond acceptors (Lipinski definition) is 4. The first kappa shape index (κ1) is 17.7. The average molecular weight is 352 g/mol. The number of hydrogen-bond donors (Lipinski definition) is 0. The molecule has 4 nitrogen and oxygen atoms in total. The monoisotopic (exact) mass is 352 g/mol. The van der Waals surface area contributed by atoms with Gasteiger partial charge in [-0.1, -0.05) is 12.1 Å². The number of ether oxygens (including phenoxy) is 1. The molecule has 0 radical (unpaired) electrons. The molecule has 2 aliphatic heterocycles. The lowest BCUT2D eigenvalue weighted by Crippen LogP contribution is -2.47. The van der Waals surface area contributed by atoms with Crippen molar-refractivity contribution in [1.29, 1.82) is 0 Å². The van der Waals surface area contributed by atoms with Gasteiger partial charge >= 0.3 is 0 Å². The highest BCUT2D eigenvalue weighted by Crippen LogP contribution is 2.23. The van der Waals surface area contributed by atoms with Crippen LogP contribution in [-0.4, -0.2) is 67.4 Å². The van der Waals surface area contributed by atoms with Gasteiger partial charge in [0, 0.05) is 36.2 Å². The van der Waals surface area contributed by atoms with E-state index in [1.807, 2.05) is 17.0 Å². The summed E-state index contributed by atoms with van der Waals surface area (Å²) >= 11 is 1.56. The molecule has 2 saturated heterocycles. The van der Waals surface area contributed by atoms with Crippen LogP contribution in [0.15, 0.2) is 29.2 Å². The van der Waals surface area contributed by atoms with Crippen LogP contribution >= 0.6 is 11.8 Å². The summed E-state index contributed by atoms with van der Waals surface area (Å²) in [6.07, 6.45) is 1.86. The van der Waals surface area contributed by atoms with Gasteiger partial charge in [-0.2, -0.15) is 0 Å². The molecule has 0 spiro atoms. The van der Waals surface area contributed by atoms with Crippen LogP contribution in [0.4, 0.5) is 4.39 Å². The zero-order valence-electron chi connectivity index (χ0n) is 14.0. The van der Waals surface area contributed by atoms with Crippen LogP contribution in [0.5, 0.6) is 0 Å². The van der Waals surface area contributed by atoms with Crippen molar-refractivity contribution >= 4 is 17.7 Å². The zero-order chi connectivity index (χ0) is 16.8. The molecule has 2 heterocycles. The van der Waals surface area contributed by atoms with Crippen LogP contribution in [0.3, 0.4) is 0 Å². The molecule has 0 unspecified atom stereocenters. The number of carbonyl (C=O) groups excluding carboxylic acids is 1. The van der Waals surface area contributed by atoms with E-state index in [9.17, 15) is 9.18 Å². The van der Waals surface area contributed by atoms with Crippen LogP contribution in [0, 0.1) is 11.7 Å². The number of carbonyl (C=O) groups is 1. The zero-order valence-corrected chi connectivity index (χ0v) is 14.8. The van der Waals surface area contributed by atoms with E-state index in [4.69, 9.17) is 4.74 Å². The fraction of sp³-hybridized carbons (Fsp3) is 0.611. The van der Waals surface area contributed by atoms with Crippen molar-refractivity contribution < 1.29 is 13.9 Å². The first-order chi connectivity index (χ1) is 11.7. The van der Waals surface area contributed by atoms with Crippen molar-refractivity contribution in [3.63, 3.8) is 0 Å². The van der Waals surface area contributed by atoms with E-state index in [1.54, 1.807) is 17.8 Å². The van der Waals surface area contributed by atoms with Crippen molar-refractivity contribution in [2.45, 2.75) is 17.7 Å². The van der Waals surface area contributed by atoms with Gasteiger partial charge in [0.1, 0.15) is 5.82 Å². The molecule has 0 atom stereocenters. The molecule has 1 aromatic carbocycles. The Bertz CT molecular complexity index is 544. The first-order valence-electron chi connectivity index (χ1n) is 8.70. The van der Waals surface area contributed by atoms with E-state index in [0.717, 1.165) is 56.2 Å². The van der Waals surface area contributed by atoms with Crippen molar-refractivity contribution in [2.75, 3.05) is 51.7 Å². The normalized spacial score (nSPS) is 20.3. The number of nitrogens with zero attached hydrogens (tertiary/aromatic N) is 2. The van der Waals surface area contributed by atoms with Crippen molar-refractivity contribution in [2.24, 2.45) is 5.92 Å². The lowest BCUT2D eigenvalue weighted by molar-refractivity contribution is -0.141. The largest absolute Gasteiger partial charge is 0.378 e. The summed E-state index contributed by atoms with van der Waals surface area (Å²) in [5, 5.41) is 0. The third kappa shape index (κ3) is 4.71. The predicted molar refractivity (Wildman–Crippen MR) is 93.7 cm³/mol. The highest BCUT2D eigenvalue weighted by Gasteiger charge is 2.29. The van der Waals surface area contributed by atoms with Gasteiger partial charge in [0.05, 0.1) is 13.2 Å². The van der Waals surface area contributed by atoms with Gasteiger partial charge in [-0.25, -0.2) is 4.39 Å². The number of amides is 1. The molecular weight excluding hydrogens is 327 g/mol. The van der Waals surface area contributed by atoms with Gasteiger partial charge < -0.3 is 14.5 Å². The molecule has 0 aromatic heterocycles. The Morgan fingerprint density at radius 1 is 1.17 bits per heavy atom. The van der Waals surface area contributed by atoms with E-state index in [2.05, 4.69) is 4.90 Å². The molecule has 0 N–H and O–H groups in total. The fourth-order valence-electron chi connectivity index (χ4n) is 3.29. The van der Waals surface area contributed by atoms with Crippen LogP contribution < -0.4 is 0 Å². The van der Waals surface area contributed by atoms with E-state index in [-0.39, 0.29) is 11.7 Å². The smallest absolute Gasteiger partial charge is 0.225 e. The minimum absolute atomic E-state index is 0.141. The molecule has 1 aromatic rings. The van der Waals surface area contributed by atoms with Crippen LogP contribution in [0.25, 0.3) is 0 Å². The average Bonchev–Trinajstić information content (AvgIpc) is 2.64. The minimum Gasteiger partial charge on any atom is -0.378 e. The lowest BCUT2D eigenvalue weighted by Gasteiger charge is -2.35. The highest BCUT2D eigenvalue weighted by molar-refractivity contribution is 7.99. The fourth-order valence-corrected chi connectivity index (χ4v) is 4.24. The SMILES string of the molecule is O=C(C1CCN(CCSc2ccccc2F)CC1)N1CCOCC1. The maximum absolute atomic E-state index is 13.6. The molecule has 24 heavy (non-hydrogen) atoms. The third-order valence-electron chi connectivity index (χ3n) is 4.76. The number of piperidine rings is 1. The van der Waals surface area contributed by atoms with Gasteiger partial charge in [0.25, 0.3) is 0 Å². The molecule has 132 valence electrons. The molecule has 3 rings (SSSR count). The Hall–Kier alpha value is -1.11. The lowest BCUT2D eigenvalue weighted by atomic mass is 9.95. The second-order valence-corrected chi connectivity index (χ2v) is 7.47. The Morgan fingerprint density at radius 3 is 2.58 bits per heavy atom. The van der Waals surface area contributed by atoms with Gasteiger partial charge in [-0.3, -0.25) is 4.79 Å². The molecule has 2 aliphatic rings. The number of likely N-dealkylation sites (tertiary alicyclic amines) is 1. The van der Waals surface area contributed by atoms with E-state index in [1.165, 1.54) is 6.07 Å². The molecule has 0 saturated carbocycles. The Balaban J connectivity index is 1.37.